The highest BCUT2D eigenvalue weighted by molar-refractivity contribution is 5.36. The molecule has 0 aliphatic heterocycles. The van der Waals surface area contributed by atoms with Gasteiger partial charge in [0.15, 0.2) is 0 Å². The van der Waals surface area contributed by atoms with Crippen LogP contribution in [0.15, 0.2) is 18.5 Å². The Morgan fingerprint density at radius 1 is 1.32 bits per heavy atom. The fraction of sp³-hybridized carbons (Fsp3) is 0.500. The Bertz CT molecular complexity index is 521. The molecule has 0 amide bonds. The van der Waals surface area contributed by atoms with Crippen molar-refractivity contribution in [3.63, 3.8) is 0 Å². The smallest absolute Gasteiger partial charge is 0.257 e. The average Bonchev–Trinajstić information content (AvgIpc) is 2.89. The fourth-order valence-corrected chi connectivity index (χ4v) is 1.58. The van der Waals surface area contributed by atoms with Crippen LogP contribution in [-0.4, -0.2) is 38.3 Å². The molecule has 19 heavy (non-hydrogen) atoms. The minimum absolute atomic E-state index is 0.201. The summed E-state index contributed by atoms with van der Waals surface area (Å²) in [5.41, 5.74) is 5.73. The highest BCUT2D eigenvalue weighted by Gasteiger charge is 2.10. The molecular formula is C12H19N7. The highest BCUT2D eigenvalue weighted by atomic mass is 15.4. The largest absolute Gasteiger partial charge is 0.368 e. The van der Waals surface area contributed by atoms with Crippen LogP contribution < -0.4 is 10.6 Å². The summed E-state index contributed by atoms with van der Waals surface area (Å²) in [5.74, 6) is 1.83. The highest BCUT2D eigenvalue weighted by Crippen LogP contribution is 2.11. The van der Waals surface area contributed by atoms with Crippen molar-refractivity contribution < 1.29 is 0 Å². The van der Waals surface area contributed by atoms with E-state index in [-0.39, 0.29) is 5.95 Å². The van der Waals surface area contributed by atoms with Crippen LogP contribution in [0.1, 0.15) is 20.3 Å². The maximum Gasteiger partial charge on any atom is 0.257 e. The second-order valence-electron chi connectivity index (χ2n) is 4.85. The van der Waals surface area contributed by atoms with Gasteiger partial charge in [0.25, 0.3) is 5.95 Å². The predicted octanol–water partition coefficient (Wildman–Crippen LogP) is 1.12. The van der Waals surface area contributed by atoms with Crippen molar-refractivity contribution in [2.24, 2.45) is 5.92 Å². The number of hydrogen-bond acceptors (Lipinski definition) is 6. The van der Waals surface area contributed by atoms with Crippen LogP contribution >= 0.6 is 0 Å². The van der Waals surface area contributed by atoms with Crippen molar-refractivity contribution in [1.29, 1.82) is 0 Å². The van der Waals surface area contributed by atoms with Crippen molar-refractivity contribution in [2.75, 3.05) is 24.2 Å². The zero-order valence-corrected chi connectivity index (χ0v) is 11.5. The van der Waals surface area contributed by atoms with Crippen molar-refractivity contribution >= 4 is 11.9 Å². The van der Waals surface area contributed by atoms with E-state index in [4.69, 9.17) is 5.73 Å². The number of hydrogen-bond donors (Lipinski definition) is 1. The second kappa shape index (κ2) is 5.64. The Balaban J connectivity index is 2.21. The summed E-state index contributed by atoms with van der Waals surface area (Å²) in [6.45, 7) is 5.25. The normalized spacial score (nSPS) is 10.9. The quantitative estimate of drug-likeness (QED) is 0.868. The lowest BCUT2D eigenvalue weighted by atomic mass is 10.1. The van der Waals surface area contributed by atoms with Gasteiger partial charge in [-0.15, -0.1) is 0 Å². The molecule has 0 spiro atoms. The standard InChI is InChI=1S/C12H19N7/c1-9(2)5-8-18(3)11-15-10(13)16-12(17-11)19-7-4-6-14-19/h4,6-7,9H,5,8H2,1-3H3,(H2,13,15,16,17). The first-order valence-electron chi connectivity index (χ1n) is 6.29. The molecule has 0 atom stereocenters. The molecule has 2 aromatic rings. The zero-order chi connectivity index (χ0) is 13.8. The molecule has 2 N–H and O–H groups in total. The van der Waals surface area contributed by atoms with Crippen LogP contribution in [-0.2, 0) is 0 Å². The third-order valence-corrected chi connectivity index (χ3v) is 2.72. The molecule has 2 rings (SSSR count). The summed E-state index contributed by atoms with van der Waals surface area (Å²) in [6.07, 6.45) is 4.51. The summed E-state index contributed by atoms with van der Waals surface area (Å²) in [6, 6.07) is 1.81. The van der Waals surface area contributed by atoms with E-state index < -0.39 is 0 Å². The number of rotatable bonds is 5. The summed E-state index contributed by atoms with van der Waals surface area (Å²) in [7, 11) is 1.95. The number of anilines is 2. The number of nitrogen functional groups attached to an aromatic ring is 1. The van der Waals surface area contributed by atoms with Gasteiger partial charge in [-0.3, -0.25) is 0 Å². The summed E-state index contributed by atoms with van der Waals surface area (Å²) >= 11 is 0. The van der Waals surface area contributed by atoms with Gasteiger partial charge < -0.3 is 10.6 Å². The molecule has 0 aromatic carbocycles. The lowest BCUT2D eigenvalue weighted by Crippen LogP contribution is -2.24. The molecule has 0 saturated heterocycles. The Hall–Kier alpha value is -2.18. The van der Waals surface area contributed by atoms with Gasteiger partial charge in [-0.05, 0) is 18.4 Å². The molecule has 2 aromatic heterocycles. The van der Waals surface area contributed by atoms with Crippen LogP contribution in [0.4, 0.5) is 11.9 Å². The average molecular weight is 261 g/mol. The molecule has 0 unspecified atom stereocenters. The molecule has 7 nitrogen and oxygen atoms in total. The molecule has 0 saturated carbocycles. The topological polar surface area (TPSA) is 85.8 Å². The first kappa shape index (κ1) is 13.3. The first-order chi connectivity index (χ1) is 9.06. The van der Waals surface area contributed by atoms with E-state index in [2.05, 4.69) is 33.9 Å². The van der Waals surface area contributed by atoms with E-state index in [0.29, 0.717) is 17.8 Å². The number of aromatic nitrogens is 5. The van der Waals surface area contributed by atoms with E-state index in [9.17, 15) is 0 Å². The van der Waals surface area contributed by atoms with Gasteiger partial charge in [0, 0.05) is 26.0 Å². The van der Waals surface area contributed by atoms with Crippen molar-refractivity contribution in [3.8, 4) is 5.95 Å². The maximum atomic E-state index is 5.73. The van der Waals surface area contributed by atoms with Gasteiger partial charge in [0.2, 0.25) is 11.9 Å². The van der Waals surface area contributed by atoms with Crippen molar-refractivity contribution in [2.45, 2.75) is 20.3 Å². The molecule has 0 fully saturated rings. The van der Waals surface area contributed by atoms with Crippen LogP contribution in [0.3, 0.4) is 0 Å². The third kappa shape index (κ3) is 3.40. The molecule has 7 heteroatoms. The van der Waals surface area contributed by atoms with Gasteiger partial charge >= 0.3 is 0 Å². The van der Waals surface area contributed by atoms with Crippen LogP contribution in [0.25, 0.3) is 5.95 Å². The Morgan fingerprint density at radius 2 is 2.11 bits per heavy atom. The first-order valence-corrected chi connectivity index (χ1v) is 6.29. The van der Waals surface area contributed by atoms with Crippen LogP contribution in [0.2, 0.25) is 0 Å². The summed E-state index contributed by atoms with van der Waals surface area (Å²) < 4.78 is 1.57. The monoisotopic (exact) mass is 261 g/mol. The SMILES string of the molecule is CC(C)CCN(C)c1nc(N)nc(-n2cccn2)n1. The fourth-order valence-electron chi connectivity index (χ4n) is 1.58. The van der Waals surface area contributed by atoms with E-state index in [1.807, 2.05) is 18.0 Å². The molecule has 0 aliphatic rings. The Labute approximate surface area is 112 Å². The minimum atomic E-state index is 0.201. The third-order valence-electron chi connectivity index (χ3n) is 2.72. The molecule has 0 radical (unpaired) electrons. The van der Waals surface area contributed by atoms with Crippen LogP contribution in [0, 0.1) is 5.92 Å². The van der Waals surface area contributed by atoms with Gasteiger partial charge in [-0.2, -0.15) is 20.1 Å². The van der Waals surface area contributed by atoms with Crippen LogP contribution in [0.5, 0.6) is 0 Å². The van der Waals surface area contributed by atoms with Gasteiger partial charge in [0.1, 0.15) is 0 Å². The van der Waals surface area contributed by atoms with E-state index in [1.54, 1.807) is 17.1 Å². The van der Waals surface area contributed by atoms with E-state index in [0.717, 1.165) is 13.0 Å². The molecule has 0 aliphatic carbocycles. The van der Waals surface area contributed by atoms with Gasteiger partial charge in [0.05, 0.1) is 0 Å². The number of nitrogens with zero attached hydrogens (tertiary/aromatic N) is 6. The Morgan fingerprint density at radius 3 is 2.74 bits per heavy atom. The van der Waals surface area contributed by atoms with Gasteiger partial charge in [-0.25, -0.2) is 4.68 Å². The summed E-state index contributed by atoms with van der Waals surface area (Å²) in [4.78, 5) is 14.6. The lowest BCUT2D eigenvalue weighted by molar-refractivity contribution is 0.581. The maximum absolute atomic E-state index is 5.73. The predicted molar refractivity (Wildman–Crippen MR) is 74.1 cm³/mol. The zero-order valence-electron chi connectivity index (χ0n) is 11.5. The molecule has 102 valence electrons. The summed E-state index contributed by atoms with van der Waals surface area (Å²) in [5, 5.41) is 4.09. The number of nitrogens with two attached hydrogens (primary N) is 1. The van der Waals surface area contributed by atoms with E-state index >= 15 is 0 Å². The Kier molecular flexibility index (Phi) is 3.94. The lowest BCUT2D eigenvalue weighted by Gasteiger charge is -2.18. The second-order valence-corrected chi connectivity index (χ2v) is 4.85. The van der Waals surface area contributed by atoms with Crippen molar-refractivity contribution in [3.05, 3.63) is 18.5 Å². The minimum Gasteiger partial charge on any atom is -0.368 e. The molecule has 0 bridgehead atoms. The van der Waals surface area contributed by atoms with Crippen molar-refractivity contribution in [1.82, 2.24) is 24.7 Å². The van der Waals surface area contributed by atoms with E-state index in [1.165, 1.54) is 0 Å². The molecule has 2 heterocycles. The molecular weight excluding hydrogens is 242 g/mol. The van der Waals surface area contributed by atoms with Gasteiger partial charge in [-0.1, -0.05) is 13.8 Å².